The van der Waals surface area contributed by atoms with Gasteiger partial charge in [-0.2, -0.15) is 23.3 Å². The maximum absolute atomic E-state index is 13.2. The van der Waals surface area contributed by atoms with Crippen molar-refractivity contribution in [2.45, 2.75) is 12.8 Å². The highest BCUT2D eigenvalue weighted by molar-refractivity contribution is 5.83. The van der Waals surface area contributed by atoms with Crippen LogP contribution in [0.4, 0.5) is 13.2 Å². The average molecular weight is 461 g/mol. The van der Waals surface area contributed by atoms with Crippen LogP contribution in [0, 0.1) is 0 Å². The van der Waals surface area contributed by atoms with Crippen LogP contribution >= 0.6 is 0 Å². The van der Waals surface area contributed by atoms with Crippen LogP contribution in [0.1, 0.15) is 11.6 Å². The number of methoxy groups -OCH3 is 3. The van der Waals surface area contributed by atoms with Gasteiger partial charge in [-0.05, 0) is 24.3 Å². The van der Waals surface area contributed by atoms with Gasteiger partial charge in [-0.1, -0.05) is 12.1 Å². The SMILES string of the molecule is COc1cc(-c2n[nH]c(COc3nc(C(F)(F)F)nc4ccccc34)n2)cc(OC)c1OC. The molecular formula is C21H18F3N5O4. The smallest absolute Gasteiger partial charge is 0.451 e. The lowest BCUT2D eigenvalue weighted by atomic mass is 10.1. The normalized spacial score (nSPS) is 11.5. The predicted molar refractivity (Wildman–Crippen MR) is 110 cm³/mol. The van der Waals surface area contributed by atoms with E-state index in [0.717, 1.165) is 0 Å². The van der Waals surface area contributed by atoms with Crippen LogP contribution in [0.2, 0.25) is 0 Å². The lowest BCUT2D eigenvalue weighted by molar-refractivity contribution is -0.145. The molecule has 4 rings (SSSR count). The van der Waals surface area contributed by atoms with Gasteiger partial charge in [0.15, 0.2) is 23.1 Å². The summed E-state index contributed by atoms with van der Waals surface area (Å²) in [6, 6.07) is 9.61. The molecule has 172 valence electrons. The molecule has 33 heavy (non-hydrogen) atoms. The molecule has 0 saturated heterocycles. The highest BCUT2D eigenvalue weighted by atomic mass is 19.4. The molecule has 0 bridgehead atoms. The van der Waals surface area contributed by atoms with E-state index in [1.807, 2.05) is 0 Å². The minimum Gasteiger partial charge on any atom is -0.493 e. The molecule has 0 spiro atoms. The van der Waals surface area contributed by atoms with Crippen molar-refractivity contribution in [1.82, 2.24) is 25.1 Å². The van der Waals surface area contributed by atoms with Crippen LogP contribution < -0.4 is 18.9 Å². The Bertz CT molecular complexity index is 1270. The van der Waals surface area contributed by atoms with Gasteiger partial charge in [0.2, 0.25) is 17.5 Å². The lowest BCUT2D eigenvalue weighted by Gasteiger charge is -2.13. The Morgan fingerprint density at radius 1 is 0.909 bits per heavy atom. The van der Waals surface area contributed by atoms with Gasteiger partial charge in [0.05, 0.1) is 32.2 Å². The van der Waals surface area contributed by atoms with Crippen molar-refractivity contribution < 1.29 is 32.1 Å². The highest BCUT2D eigenvalue weighted by Gasteiger charge is 2.35. The first kappa shape index (κ1) is 22.1. The maximum atomic E-state index is 13.2. The molecule has 0 amide bonds. The molecule has 2 aromatic heterocycles. The molecular weight excluding hydrogens is 443 g/mol. The van der Waals surface area contributed by atoms with E-state index in [-0.39, 0.29) is 23.8 Å². The first-order chi connectivity index (χ1) is 15.8. The molecule has 4 aromatic rings. The van der Waals surface area contributed by atoms with E-state index in [2.05, 4.69) is 25.1 Å². The van der Waals surface area contributed by atoms with Gasteiger partial charge in [-0.25, -0.2) is 9.97 Å². The number of nitrogens with zero attached hydrogens (tertiary/aromatic N) is 4. The summed E-state index contributed by atoms with van der Waals surface area (Å²) < 4.78 is 61.1. The van der Waals surface area contributed by atoms with Gasteiger partial charge in [0, 0.05) is 5.56 Å². The summed E-state index contributed by atoms with van der Waals surface area (Å²) >= 11 is 0. The van der Waals surface area contributed by atoms with E-state index in [9.17, 15) is 13.2 Å². The lowest BCUT2D eigenvalue weighted by Crippen LogP contribution is -2.12. The third kappa shape index (κ3) is 4.45. The summed E-state index contributed by atoms with van der Waals surface area (Å²) in [5.41, 5.74) is 0.685. The number of aromatic nitrogens is 5. The van der Waals surface area contributed by atoms with E-state index >= 15 is 0 Å². The number of nitrogens with one attached hydrogen (secondary N) is 1. The van der Waals surface area contributed by atoms with Gasteiger partial charge in [0.1, 0.15) is 6.61 Å². The zero-order valence-electron chi connectivity index (χ0n) is 17.7. The molecule has 0 fully saturated rings. The third-order valence-corrected chi connectivity index (χ3v) is 4.62. The minimum atomic E-state index is -4.71. The van der Waals surface area contributed by atoms with Crippen molar-refractivity contribution in [2.75, 3.05) is 21.3 Å². The Kier molecular flexibility index (Phi) is 5.90. The summed E-state index contributed by atoms with van der Waals surface area (Å²) in [6.07, 6.45) is -4.71. The largest absolute Gasteiger partial charge is 0.493 e. The van der Waals surface area contributed by atoms with E-state index in [1.54, 1.807) is 30.3 Å². The standard InChI is InChI=1S/C21H18F3N5O4/c1-30-14-8-11(9-15(31-2)17(14)32-3)18-26-16(28-29-18)10-33-19-12-6-4-5-7-13(12)25-20(27-19)21(22,23)24/h4-9H,10H2,1-3H3,(H,26,28,29). The third-order valence-electron chi connectivity index (χ3n) is 4.62. The first-order valence-corrected chi connectivity index (χ1v) is 9.52. The minimum absolute atomic E-state index is 0.116. The van der Waals surface area contributed by atoms with Gasteiger partial charge >= 0.3 is 6.18 Å². The first-order valence-electron chi connectivity index (χ1n) is 9.52. The highest BCUT2D eigenvalue weighted by Crippen LogP contribution is 2.40. The van der Waals surface area contributed by atoms with Crippen molar-refractivity contribution in [3.8, 4) is 34.5 Å². The molecule has 0 radical (unpaired) electrons. The summed E-state index contributed by atoms with van der Waals surface area (Å²) in [4.78, 5) is 11.5. The van der Waals surface area contributed by atoms with Crippen LogP contribution in [-0.4, -0.2) is 46.5 Å². The molecule has 2 heterocycles. The summed E-state index contributed by atoms with van der Waals surface area (Å²) in [5.74, 6) is 0.332. The fourth-order valence-corrected chi connectivity index (χ4v) is 3.12. The topological polar surface area (TPSA) is 104 Å². The van der Waals surface area contributed by atoms with E-state index in [1.165, 1.54) is 27.4 Å². The molecule has 12 heteroatoms. The number of benzene rings is 2. The fraction of sp³-hybridized carbons (Fsp3) is 0.238. The van der Waals surface area contributed by atoms with E-state index in [4.69, 9.17) is 18.9 Å². The average Bonchev–Trinajstić information content (AvgIpc) is 3.29. The quantitative estimate of drug-likeness (QED) is 0.440. The molecule has 0 aliphatic rings. The van der Waals surface area contributed by atoms with Crippen molar-refractivity contribution in [3.63, 3.8) is 0 Å². The number of H-pyrrole nitrogens is 1. The van der Waals surface area contributed by atoms with Crippen LogP contribution in [0.5, 0.6) is 23.1 Å². The number of aromatic amines is 1. The van der Waals surface area contributed by atoms with E-state index in [0.29, 0.717) is 34.0 Å². The van der Waals surface area contributed by atoms with Gasteiger partial charge in [-0.3, -0.25) is 5.10 Å². The predicted octanol–water partition coefficient (Wildman–Crippen LogP) is 4.04. The maximum Gasteiger partial charge on any atom is 0.451 e. The number of hydrogen-bond donors (Lipinski definition) is 1. The van der Waals surface area contributed by atoms with Crippen molar-refractivity contribution in [3.05, 3.63) is 48.0 Å². The number of halogens is 3. The summed E-state index contributed by atoms with van der Waals surface area (Å²) in [5, 5.41) is 7.19. The van der Waals surface area contributed by atoms with Crippen molar-refractivity contribution in [2.24, 2.45) is 0 Å². The van der Waals surface area contributed by atoms with Crippen molar-refractivity contribution >= 4 is 10.9 Å². The molecule has 0 atom stereocenters. The molecule has 0 aliphatic heterocycles. The van der Waals surface area contributed by atoms with Gasteiger partial charge in [-0.15, -0.1) is 0 Å². The Hall–Kier alpha value is -4.09. The Labute approximate surface area is 185 Å². The Morgan fingerprint density at radius 2 is 1.61 bits per heavy atom. The monoisotopic (exact) mass is 461 g/mol. The second-order valence-electron chi connectivity index (χ2n) is 6.68. The van der Waals surface area contributed by atoms with Crippen LogP contribution in [0.25, 0.3) is 22.3 Å². The van der Waals surface area contributed by atoms with E-state index < -0.39 is 12.0 Å². The summed E-state index contributed by atoms with van der Waals surface area (Å²) in [7, 11) is 4.46. The Morgan fingerprint density at radius 3 is 2.24 bits per heavy atom. The Balaban J connectivity index is 1.62. The summed E-state index contributed by atoms with van der Waals surface area (Å²) in [6.45, 7) is -0.199. The number of ether oxygens (including phenoxy) is 4. The zero-order valence-corrected chi connectivity index (χ0v) is 17.7. The fourth-order valence-electron chi connectivity index (χ4n) is 3.12. The molecule has 9 nitrogen and oxygen atoms in total. The van der Waals surface area contributed by atoms with Crippen LogP contribution in [0.3, 0.4) is 0 Å². The number of para-hydroxylation sites is 1. The van der Waals surface area contributed by atoms with Crippen molar-refractivity contribution in [1.29, 1.82) is 0 Å². The molecule has 0 saturated carbocycles. The van der Waals surface area contributed by atoms with Gasteiger partial charge in [0.25, 0.3) is 0 Å². The zero-order chi connectivity index (χ0) is 23.6. The molecule has 0 unspecified atom stereocenters. The number of alkyl halides is 3. The molecule has 1 N–H and O–H groups in total. The number of fused-ring (bicyclic) bond motifs is 1. The number of hydrogen-bond acceptors (Lipinski definition) is 8. The molecule has 2 aromatic carbocycles. The van der Waals surface area contributed by atoms with Crippen LogP contribution in [0.15, 0.2) is 36.4 Å². The van der Waals surface area contributed by atoms with Crippen LogP contribution in [-0.2, 0) is 12.8 Å². The van der Waals surface area contributed by atoms with Gasteiger partial charge < -0.3 is 18.9 Å². The number of rotatable bonds is 7. The second-order valence-corrected chi connectivity index (χ2v) is 6.68. The second kappa shape index (κ2) is 8.81. The molecule has 0 aliphatic carbocycles.